The molecule has 1 saturated heterocycles. The van der Waals surface area contributed by atoms with Gasteiger partial charge in [0.1, 0.15) is 6.23 Å². The Morgan fingerprint density at radius 1 is 1.45 bits per heavy atom. The van der Waals surface area contributed by atoms with Gasteiger partial charge in [-0.05, 0) is 20.3 Å². The number of nitrogens with two attached hydrogens (primary N) is 1. The second kappa shape index (κ2) is 4.90. The van der Waals surface area contributed by atoms with Crippen LogP contribution in [-0.2, 0) is 4.74 Å². The van der Waals surface area contributed by atoms with E-state index in [0.717, 1.165) is 6.42 Å². The molecule has 3 unspecified atom stereocenters. The molecule has 0 aliphatic carbocycles. The first kappa shape index (κ1) is 13.1. The zero-order valence-corrected chi connectivity index (χ0v) is 11.9. The Bertz CT molecular complexity index is 626. The molecule has 0 bridgehead atoms. The van der Waals surface area contributed by atoms with Gasteiger partial charge in [-0.15, -0.1) is 0 Å². The summed E-state index contributed by atoms with van der Waals surface area (Å²) in [5.74, 6) is 1.00. The highest BCUT2D eigenvalue weighted by molar-refractivity contribution is 5.77. The number of hydrogen-bond acceptors (Lipinski definition) is 6. The van der Waals surface area contributed by atoms with Crippen LogP contribution in [0.3, 0.4) is 0 Å². The predicted octanol–water partition coefficient (Wildman–Crippen LogP) is 1.75. The number of nitrogens with zero attached hydrogens (tertiary/aromatic N) is 4. The average molecular weight is 277 g/mol. The summed E-state index contributed by atoms with van der Waals surface area (Å²) in [4.78, 5) is 12.7. The predicted molar refractivity (Wildman–Crippen MR) is 74.3 cm³/mol. The number of imidazole rings is 1. The molecule has 3 rings (SSSR count). The van der Waals surface area contributed by atoms with Crippen LogP contribution in [0.5, 0.6) is 5.88 Å². The Balaban J connectivity index is 2.09. The molecule has 2 N–H and O–H groups in total. The highest BCUT2D eigenvalue weighted by Gasteiger charge is 2.32. The van der Waals surface area contributed by atoms with Crippen molar-refractivity contribution in [1.82, 2.24) is 19.5 Å². The van der Waals surface area contributed by atoms with Crippen molar-refractivity contribution >= 4 is 17.1 Å². The van der Waals surface area contributed by atoms with E-state index in [1.54, 1.807) is 6.33 Å². The molecule has 7 nitrogen and oxygen atoms in total. The summed E-state index contributed by atoms with van der Waals surface area (Å²) in [6, 6.07) is 0. The molecule has 1 fully saturated rings. The van der Waals surface area contributed by atoms with E-state index in [4.69, 9.17) is 15.2 Å². The van der Waals surface area contributed by atoms with Crippen LogP contribution < -0.4 is 10.5 Å². The molecule has 108 valence electrons. The largest absolute Gasteiger partial charge is 0.476 e. The number of hydrogen-bond donors (Lipinski definition) is 1. The van der Waals surface area contributed by atoms with Crippen molar-refractivity contribution in [2.45, 2.75) is 39.5 Å². The van der Waals surface area contributed by atoms with Crippen molar-refractivity contribution < 1.29 is 9.47 Å². The van der Waals surface area contributed by atoms with Crippen LogP contribution in [0.2, 0.25) is 0 Å². The van der Waals surface area contributed by atoms with Crippen LogP contribution in [0.25, 0.3) is 11.2 Å². The zero-order chi connectivity index (χ0) is 14.3. The SMILES string of the molecule is CCOc1nc(N)nc2c1ncn2C1OC(C)CC1C. The quantitative estimate of drug-likeness (QED) is 0.919. The molecule has 0 spiro atoms. The van der Waals surface area contributed by atoms with E-state index in [-0.39, 0.29) is 18.3 Å². The van der Waals surface area contributed by atoms with Gasteiger partial charge in [0.2, 0.25) is 11.8 Å². The van der Waals surface area contributed by atoms with Crippen molar-refractivity contribution in [2.24, 2.45) is 5.92 Å². The van der Waals surface area contributed by atoms with Gasteiger partial charge in [-0.1, -0.05) is 6.92 Å². The fourth-order valence-electron chi connectivity index (χ4n) is 2.74. The molecule has 7 heteroatoms. The molecular weight excluding hydrogens is 258 g/mol. The minimum absolute atomic E-state index is 0.0706. The minimum Gasteiger partial charge on any atom is -0.476 e. The number of nitrogen functional groups attached to an aromatic ring is 1. The smallest absolute Gasteiger partial charge is 0.247 e. The van der Waals surface area contributed by atoms with Crippen LogP contribution in [0.1, 0.15) is 33.4 Å². The van der Waals surface area contributed by atoms with Gasteiger partial charge in [-0.2, -0.15) is 9.97 Å². The lowest BCUT2D eigenvalue weighted by molar-refractivity contribution is -0.0000960. The lowest BCUT2D eigenvalue weighted by Gasteiger charge is -2.17. The molecule has 3 atom stereocenters. The van der Waals surface area contributed by atoms with Gasteiger partial charge in [0, 0.05) is 5.92 Å². The molecule has 0 radical (unpaired) electrons. The molecule has 0 aromatic carbocycles. The van der Waals surface area contributed by atoms with Gasteiger partial charge in [0.15, 0.2) is 11.2 Å². The highest BCUT2D eigenvalue weighted by Crippen LogP contribution is 2.36. The molecule has 3 heterocycles. The van der Waals surface area contributed by atoms with Gasteiger partial charge in [0.05, 0.1) is 19.0 Å². The molecule has 2 aromatic heterocycles. The standard InChI is InChI=1S/C13H19N5O2/c1-4-19-11-9-10(16-13(14)17-11)18(6-15-9)12-7(2)5-8(3)20-12/h6-8,12H,4-5H2,1-3H3,(H2,14,16,17). The van der Waals surface area contributed by atoms with Gasteiger partial charge in [-0.25, -0.2) is 4.98 Å². The fourth-order valence-corrected chi connectivity index (χ4v) is 2.74. The zero-order valence-electron chi connectivity index (χ0n) is 11.9. The second-order valence-corrected chi connectivity index (χ2v) is 5.19. The van der Waals surface area contributed by atoms with E-state index < -0.39 is 0 Å². The van der Waals surface area contributed by atoms with E-state index in [1.165, 1.54) is 0 Å². The molecule has 2 aromatic rings. The lowest BCUT2D eigenvalue weighted by Crippen LogP contribution is -2.14. The van der Waals surface area contributed by atoms with E-state index in [1.807, 2.05) is 11.5 Å². The van der Waals surface area contributed by atoms with E-state index in [9.17, 15) is 0 Å². The maximum absolute atomic E-state index is 5.95. The summed E-state index contributed by atoms with van der Waals surface area (Å²) in [5, 5.41) is 0. The summed E-state index contributed by atoms with van der Waals surface area (Å²) in [6.45, 7) is 6.63. The third-order valence-corrected chi connectivity index (χ3v) is 3.52. The first-order valence-corrected chi connectivity index (χ1v) is 6.88. The Hall–Kier alpha value is -1.89. The third-order valence-electron chi connectivity index (χ3n) is 3.52. The van der Waals surface area contributed by atoms with Gasteiger partial charge in [0.25, 0.3) is 0 Å². The Kier molecular flexibility index (Phi) is 3.21. The van der Waals surface area contributed by atoms with Crippen molar-refractivity contribution in [3.05, 3.63) is 6.33 Å². The Labute approximate surface area is 117 Å². The Morgan fingerprint density at radius 2 is 2.25 bits per heavy atom. The molecule has 0 amide bonds. The van der Waals surface area contributed by atoms with Crippen LogP contribution >= 0.6 is 0 Å². The van der Waals surface area contributed by atoms with E-state index in [0.29, 0.717) is 29.6 Å². The summed E-state index contributed by atoms with van der Waals surface area (Å²) < 4.78 is 13.3. The number of fused-ring (bicyclic) bond motifs is 1. The number of rotatable bonds is 3. The number of anilines is 1. The third kappa shape index (κ3) is 2.07. The van der Waals surface area contributed by atoms with Crippen molar-refractivity contribution in [3.8, 4) is 5.88 Å². The first-order valence-electron chi connectivity index (χ1n) is 6.88. The topological polar surface area (TPSA) is 88.1 Å². The maximum atomic E-state index is 5.95. The van der Waals surface area contributed by atoms with Gasteiger partial charge >= 0.3 is 0 Å². The first-order chi connectivity index (χ1) is 9.60. The Morgan fingerprint density at radius 3 is 2.90 bits per heavy atom. The number of aromatic nitrogens is 4. The molecule has 0 saturated carbocycles. The lowest BCUT2D eigenvalue weighted by atomic mass is 10.1. The number of ether oxygens (including phenoxy) is 2. The van der Waals surface area contributed by atoms with Gasteiger partial charge < -0.3 is 15.2 Å². The van der Waals surface area contributed by atoms with Crippen molar-refractivity contribution in [1.29, 1.82) is 0 Å². The van der Waals surface area contributed by atoms with Crippen molar-refractivity contribution in [2.75, 3.05) is 12.3 Å². The molecule has 20 heavy (non-hydrogen) atoms. The maximum Gasteiger partial charge on any atom is 0.247 e. The minimum atomic E-state index is -0.0706. The monoisotopic (exact) mass is 277 g/mol. The molecule has 1 aliphatic heterocycles. The summed E-state index contributed by atoms with van der Waals surface area (Å²) in [6.07, 6.45) is 2.90. The summed E-state index contributed by atoms with van der Waals surface area (Å²) in [7, 11) is 0. The van der Waals surface area contributed by atoms with Crippen molar-refractivity contribution in [3.63, 3.8) is 0 Å². The molecular formula is C13H19N5O2. The summed E-state index contributed by atoms with van der Waals surface area (Å²) in [5.41, 5.74) is 7.04. The summed E-state index contributed by atoms with van der Waals surface area (Å²) >= 11 is 0. The van der Waals surface area contributed by atoms with E-state index >= 15 is 0 Å². The van der Waals surface area contributed by atoms with E-state index in [2.05, 4.69) is 28.8 Å². The highest BCUT2D eigenvalue weighted by atomic mass is 16.5. The van der Waals surface area contributed by atoms with Gasteiger partial charge in [-0.3, -0.25) is 4.57 Å². The second-order valence-electron chi connectivity index (χ2n) is 5.19. The molecule has 1 aliphatic rings. The van der Waals surface area contributed by atoms with Crippen LogP contribution in [0.15, 0.2) is 6.33 Å². The average Bonchev–Trinajstić information content (AvgIpc) is 2.92. The fraction of sp³-hybridized carbons (Fsp3) is 0.615. The van der Waals surface area contributed by atoms with Crippen LogP contribution in [0.4, 0.5) is 5.95 Å². The normalized spacial score (nSPS) is 26.2. The van der Waals surface area contributed by atoms with Crippen LogP contribution in [-0.4, -0.2) is 32.2 Å². The van der Waals surface area contributed by atoms with Crippen LogP contribution in [0, 0.1) is 5.92 Å².